The largest absolute Gasteiger partial charge is 0.492 e. The minimum absolute atomic E-state index is 0.0366. The van der Waals surface area contributed by atoms with Gasteiger partial charge < -0.3 is 19.5 Å². The number of carbonyl (C=O) groups is 2. The maximum atomic E-state index is 12.5. The lowest BCUT2D eigenvalue weighted by molar-refractivity contribution is -0.130. The van der Waals surface area contributed by atoms with Crippen LogP contribution >= 0.6 is 11.6 Å². The smallest absolute Gasteiger partial charge is 0.227 e. The fourth-order valence-electron chi connectivity index (χ4n) is 4.01. The Morgan fingerprint density at radius 1 is 1.25 bits per heavy atom. The number of nitrogens with one attached hydrogen (secondary N) is 1. The Labute approximate surface area is 193 Å². The Bertz CT molecular complexity index is 909. The van der Waals surface area contributed by atoms with Crippen molar-refractivity contribution in [2.24, 2.45) is 0 Å². The third-order valence-electron chi connectivity index (χ3n) is 5.74. The average molecular weight is 463 g/mol. The Morgan fingerprint density at radius 3 is 2.69 bits per heavy atom. The highest BCUT2D eigenvalue weighted by Gasteiger charge is 2.38. The number of rotatable bonds is 9. The molecule has 1 N–H and O–H groups in total. The third kappa shape index (κ3) is 6.69. The van der Waals surface area contributed by atoms with Crippen molar-refractivity contribution in [1.29, 1.82) is 0 Å². The first-order valence-corrected chi connectivity index (χ1v) is 11.5. The molecule has 174 valence electrons. The molecule has 8 nitrogen and oxygen atoms in total. The van der Waals surface area contributed by atoms with Crippen LogP contribution in [0.25, 0.3) is 0 Å². The molecule has 1 saturated carbocycles. The zero-order chi connectivity index (χ0) is 23.0. The molecule has 0 spiro atoms. The van der Waals surface area contributed by atoms with Gasteiger partial charge in [0.05, 0.1) is 6.54 Å². The van der Waals surface area contributed by atoms with Gasteiger partial charge in [0.25, 0.3) is 0 Å². The van der Waals surface area contributed by atoms with E-state index in [4.69, 9.17) is 20.9 Å². The van der Waals surface area contributed by atoms with Crippen molar-refractivity contribution in [3.8, 4) is 5.75 Å². The lowest BCUT2D eigenvalue weighted by Crippen LogP contribution is -2.45. The minimum atomic E-state index is -0.581. The van der Waals surface area contributed by atoms with Gasteiger partial charge in [-0.1, -0.05) is 48.5 Å². The van der Waals surface area contributed by atoms with E-state index in [-0.39, 0.29) is 18.2 Å². The molecule has 1 aliphatic rings. The van der Waals surface area contributed by atoms with Gasteiger partial charge in [-0.15, -0.1) is 0 Å². The summed E-state index contributed by atoms with van der Waals surface area (Å²) in [6.07, 6.45) is 6.46. The highest BCUT2D eigenvalue weighted by Crippen LogP contribution is 2.34. The van der Waals surface area contributed by atoms with Crippen LogP contribution in [-0.2, 0) is 21.5 Å². The molecule has 0 atom stereocenters. The molecule has 2 amide bonds. The van der Waals surface area contributed by atoms with E-state index >= 15 is 0 Å². The molecule has 9 heteroatoms. The summed E-state index contributed by atoms with van der Waals surface area (Å²) in [5, 5.41) is 7.84. The molecule has 3 rings (SSSR count). The van der Waals surface area contributed by atoms with Gasteiger partial charge in [0, 0.05) is 31.8 Å². The second kappa shape index (κ2) is 11.3. The van der Waals surface area contributed by atoms with Crippen LogP contribution in [0, 0.1) is 0 Å². The van der Waals surface area contributed by atoms with Crippen LogP contribution in [-0.4, -0.2) is 47.1 Å². The molecule has 1 aromatic heterocycles. The van der Waals surface area contributed by atoms with Crippen LogP contribution in [0.3, 0.4) is 0 Å². The summed E-state index contributed by atoms with van der Waals surface area (Å²) < 4.78 is 11.1. The van der Waals surface area contributed by atoms with Crippen LogP contribution in [0.4, 0.5) is 0 Å². The fourth-order valence-corrected chi connectivity index (χ4v) is 4.19. The SMILES string of the molecule is CC(=O)NC1(c2noc(CCC(=O)N(C)CCOc3cccc(Cl)c3)n2)CCCCCC1. The van der Waals surface area contributed by atoms with Crippen molar-refractivity contribution in [3.63, 3.8) is 0 Å². The molecule has 2 aromatic rings. The molecule has 0 aliphatic heterocycles. The topological polar surface area (TPSA) is 97.6 Å². The highest BCUT2D eigenvalue weighted by atomic mass is 35.5. The number of hydrogen-bond donors (Lipinski definition) is 1. The quantitative estimate of drug-likeness (QED) is 0.568. The van der Waals surface area contributed by atoms with Crippen molar-refractivity contribution >= 4 is 23.4 Å². The van der Waals surface area contributed by atoms with Gasteiger partial charge in [0.15, 0.2) is 5.82 Å². The number of likely N-dealkylation sites (N-methyl/N-ethyl adjacent to an activating group) is 1. The fraction of sp³-hybridized carbons (Fsp3) is 0.565. The van der Waals surface area contributed by atoms with Crippen LogP contribution in [0.1, 0.15) is 63.6 Å². The van der Waals surface area contributed by atoms with E-state index in [0.717, 1.165) is 38.5 Å². The first kappa shape index (κ1) is 24.0. The number of aromatic nitrogens is 2. The maximum Gasteiger partial charge on any atom is 0.227 e. The monoisotopic (exact) mass is 462 g/mol. The predicted molar refractivity (Wildman–Crippen MR) is 120 cm³/mol. The van der Waals surface area contributed by atoms with Gasteiger partial charge in [-0.25, -0.2) is 0 Å². The van der Waals surface area contributed by atoms with E-state index in [2.05, 4.69) is 15.5 Å². The average Bonchev–Trinajstić information content (AvgIpc) is 3.12. The molecule has 1 aliphatic carbocycles. The predicted octanol–water partition coefficient (Wildman–Crippen LogP) is 3.88. The molecular weight excluding hydrogens is 432 g/mol. The number of nitrogens with zero attached hydrogens (tertiary/aromatic N) is 3. The first-order chi connectivity index (χ1) is 15.4. The number of hydrogen-bond acceptors (Lipinski definition) is 6. The lowest BCUT2D eigenvalue weighted by Gasteiger charge is -2.30. The molecule has 0 radical (unpaired) electrons. The molecular formula is C23H31ClN4O4. The highest BCUT2D eigenvalue weighted by molar-refractivity contribution is 6.30. The minimum Gasteiger partial charge on any atom is -0.492 e. The zero-order valence-corrected chi connectivity index (χ0v) is 19.5. The Hall–Kier alpha value is -2.61. The summed E-state index contributed by atoms with van der Waals surface area (Å²) in [7, 11) is 1.74. The number of amides is 2. The number of carbonyl (C=O) groups excluding carboxylic acids is 2. The van der Waals surface area contributed by atoms with Crippen LogP contribution < -0.4 is 10.1 Å². The van der Waals surface area contributed by atoms with E-state index < -0.39 is 5.54 Å². The van der Waals surface area contributed by atoms with Crippen molar-refractivity contribution in [2.45, 2.75) is 63.8 Å². The van der Waals surface area contributed by atoms with Crippen molar-refractivity contribution in [3.05, 3.63) is 41.0 Å². The molecule has 1 heterocycles. The van der Waals surface area contributed by atoms with E-state index in [1.807, 2.05) is 12.1 Å². The molecule has 1 aromatic carbocycles. The summed E-state index contributed by atoms with van der Waals surface area (Å²) in [5.41, 5.74) is -0.581. The van der Waals surface area contributed by atoms with Gasteiger partial charge in [-0.05, 0) is 31.0 Å². The van der Waals surface area contributed by atoms with E-state index in [1.165, 1.54) is 6.92 Å². The van der Waals surface area contributed by atoms with Crippen LogP contribution in [0.5, 0.6) is 5.75 Å². The normalized spacial score (nSPS) is 15.6. The number of halogens is 1. The zero-order valence-electron chi connectivity index (χ0n) is 18.7. The maximum absolute atomic E-state index is 12.5. The van der Waals surface area contributed by atoms with Gasteiger partial charge >= 0.3 is 0 Å². The lowest BCUT2D eigenvalue weighted by atomic mass is 9.89. The van der Waals surface area contributed by atoms with Crippen molar-refractivity contribution < 1.29 is 18.8 Å². The van der Waals surface area contributed by atoms with Gasteiger partial charge in [-0.3, -0.25) is 9.59 Å². The van der Waals surface area contributed by atoms with Crippen LogP contribution in [0.2, 0.25) is 5.02 Å². The van der Waals surface area contributed by atoms with E-state index in [9.17, 15) is 9.59 Å². The molecule has 32 heavy (non-hydrogen) atoms. The second-order valence-electron chi connectivity index (χ2n) is 8.31. The number of aryl methyl sites for hydroxylation is 1. The van der Waals surface area contributed by atoms with Gasteiger partial charge in [-0.2, -0.15) is 4.98 Å². The number of benzene rings is 1. The standard InChI is InChI=1S/C23H31ClN4O4/c1-17(29)26-23(12-5-3-4-6-13-23)22-25-20(32-27-22)10-11-21(30)28(2)14-15-31-19-9-7-8-18(24)16-19/h7-9,16H,3-6,10-15H2,1-2H3,(H,26,29). The Kier molecular flexibility index (Phi) is 8.50. The number of ether oxygens (including phenoxy) is 1. The first-order valence-electron chi connectivity index (χ1n) is 11.1. The van der Waals surface area contributed by atoms with E-state index in [0.29, 0.717) is 42.1 Å². The summed E-state index contributed by atoms with van der Waals surface area (Å²) in [4.78, 5) is 30.5. The second-order valence-corrected chi connectivity index (χ2v) is 8.75. The summed E-state index contributed by atoms with van der Waals surface area (Å²) >= 11 is 5.94. The van der Waals surface area contributed by atoms with Gasteiger partial charge in [0.2, 0.25) is 17.7 Å². The van der Waals surface area contributed by atoms with E-state index in [1.54, 1.807) is 24.1 Å². The van der Waals surface area contributed by atoms with Crippen molar-refractivity contribution in [1.82, 2.24) is 20.4 Å². The summed E-state index contributed by atoms with van der Waals surface area (Å²) in [5.74, 6) is 1.45. The summed E-state index contributed by atoms with van der Waals surface area (Å²) in [6, 6.07) is 7.15. The molecule has 0 bridgehead atoms. The van der Waals surface area contributed by atoms with Crippen molar-refractivity contribution in [2.75, 3.05) is 20.2 Å². The molecule has 0 unspecified atom stereocenters. The Morgan fingerprint density at radius 2 is 2.00 bits per heavy atom. The van der Waals surface area contributed by atoms with Gasteiger partial charge in [0.1, 0.15) is 17.9 Å². The Balaban J connectivity index is 1.50. The molecule has 0 saturated heterocycles. The molecule has 1 fully saturated rings. The van der Waals surface area contributed by atoms with Crippen LogP contribution in [0.15, 0.2) is 28.8 Å². The third-order valence-corrected chi connectivity index (χ3v) is 5.97. The summed E-state index contributed by atoms with van der Waals surface area (Å²) in [6.45, 7) is 2.33.